The van der Waals surface area contributed by atoms with Crippen LogP contribution in [0.15, 0.2) is 17.1 Å². The Morgan fingerprint density at radius 3 is 3.00 bits per heavy atom. The van der Waals surface area contributed by atoms with Crippen LogP contribution >= 0.6 is 11.8 Å². The molecule has 0 bridgehead atoms. The molecule has 0 unspecified atom stereocenters. The third-order valence-electron chi connectivity index (χ3n) is 0.765. The molecule has 0 aromatic carbocycles. The first kappa shape index (κ1) is 6.35. The number of H-pyrrole nitrogens is 1. The molecule has 1 aromatic heterocycles. The fraction of sp³-hybridized carbons (Fsp3) is 0.200. The summed E-state index contributed by atoms with van der Waals surface area (Å²) < 4.78 is 0. The zero-order valence-corrected chi connectivity index (χ0v) is 5.90. The van der Waals surface area contributed by atoms with E-state index in [4.69, 9.17) is 0 Å². The molecular weight excluding hydrogens is 134 g/mol. The number of aromatic amines is 1. The molecular formula is C5H7N3S. The van der Waals surface area contributed by atoms with Crippen LogP contribution in [0.5, 0.6) is 0 Å². The quantitative estimate of drug-likeness (QED) is 0.632. The Morgan fingerprint density at radius 1 is 1.78 bits per heavy atom. The number of rotatable bonds is 2. The van der Waals surface area contributed by atoms with Gasteiger partial charge in [0.15, 0.2) is 0 Å². The van der Waals surface area contributed by atoms with Crippen LogP contribution in [0.3, 0.4) is 0 Å². The molecule has 1 N–H and O–H groups in total. The lowest BCUT2D eigenvalue weighted by atomic mass is 10.8. The maximum Gasteiger partial charge on any atom is 0.212 e. The first-order valence-corrected chi connectivity index (χ1v) is 3.37. The highest BCUT2D eigenvalue weighted by Crippen LogP contribution is 2.10. The normalized spacial score (nSPS) is 9.44. The third kappa shape index (κ3) is 1.57. The van der Waals surface area contributed by atoms with Gasteiger partial charge in [-0.2, -0.15) is 0 Å². The minimum absolute atomic E-state index is 0.725. The molecule has 0 saturated heterocycles. The summed E-state index contributed by atoms with van der Waals surface area (Å²) in [6.07, 6.45) is 0. The minimum atomic E-state index is 0.725. The van der Waals surface area contributed by atoms with Crippen LogP contribution in [0, 0.1) is 6.92 Å². The average Bonchev–Trinajstić information content (AvgIpc) is 2.17. The molecule has 1 heterocycles. The van der Waals surface area contributed by atoms with Crippen molar-refractivity contribution >= 4 is 11.8 Å². The summed E-state index contributed by atoms with van der Waals surface area (Å²) in [6.45, 7) is 5.40. The summed E-state index contributed by atoms with van der Waals surface area (Å²) in [6, 6.07) is 0. The molecule has 0 atom stereocenters. The van der Waals surface area contributed by atoms with E-state index in [0.717, 1.165) is 11.0 Å². The number of nitrogens with one attached hydrogen (secondary N) is 1. The van der Waals surface area contributed by atoms with E-state index in [1.165, 1.54) is 11.8 Å². The molecule has 1 rings (SSSR count). The fourth-order valence-electron chi connectivity index (χ4n) is 0.449. The molecule has 0 radical (unpaired) electrons. The van der Waals surface area contributed by atoms with Crippen LogP contribution in [0.4, 0.5) is 0 Å². The van der Waals surface area contributed by atoms with E-state index in [1.54, 1.807) is 5.41 Å². The topological polar surface area (TPSA) is 41.6 Å². The first-order chi connectivity index (χ1) is 4.33. The van der Waals surface area contributed by atoms with Crippen molar-refractivity contribution < 1.29 is 0 Å². The SMILES string of the molecule is C=CSc1n[nH]c(C)n1. The first-order valence-electron chi connectivity index (χ1n) is 2.49. The Bertz CT molecular complexity index is 206. The molecule has 0 spiro atoms. The predicted octanol–water partition coefficient (Wildman–Crippen LogP) is 1.35. The second kappa shape index (κ2) is 2.68. The van der Waals surface area contributed by atoms with Crippen molar-refractivity contribution in [3.8, 4) is 0 Å². The fourth-order valence-corrected chi connectivity index (χ4v) is 0.886. The van der Waals surface area contributed by atoms with Crippen molar-refractivity contribution in [2.24, 2.45) is 0 Å². The minimum Gasteiger partial charge on any atom is -0.262 e. The predicted molar refractivity (Wildman–Crippen MR) is 37.2 cm³/mol. The molecule has 4 heteroatoms. The van der Waals surface area contributed by atoms with Crippen molar-refractivity contribution in [2.75, 3.05) is 0 Å². The Labute approximate surface area is 57.6 Å². The molecule has 3 nitrogen and oxygen atoms in total. The Morgan fingerprint density at radius 2 is 2.56 bits per heavy atom. The van der Waals surface area contributed by atoms with Gasteiger partial charge in [0.25, 0.3) is 0 Å². The Kier molecular flexibility index (Phi) is 1.89. The lowest BCUT2D eigenvalue weighted by Crippen LogP contribution is -1.69. The van der Waals surface area contributed by atoms with Crippen molar-refractivity contribution in [3.63, 3.8) is 0 Å². The maximum absolute atomic E-state index is 4.03. The molecule has 0 aliphatic rings. The molecule has 0 aliphatic carbocycles. The van der Waals surface area contributed by atoms with Gasteiger partial charge < -0.3 is 0 Å². The number of hydrogen-bond acceptors (Lipinski definition) is 3. The van der Waals surface area contributed by atoms with Gasteiger partial charge in [0.2, 0.25) is 5.16 Å². The molecule has 0 fully saturated rings. The molecule has 1 aromatic rings. The van der Waals surface area contributed by atoms with Gasteiger partial charge in [0, 0.05) is 0 Å². The van der Waals surface area contributed by atoms with Crippen molar-refractivity contribution in [2.45, 2.75) is 12.1 Å². The molecule has 9 heavy (non-hydrogen) atoms. The van der Waals surface area contributed by atoms with Gasteiger partial charge in [-0.25, -0.2) is 4.98 Å². The highest BCUT2D eigenvalue weighted by molar-refractivity contribution is 8.01. The van der Waals surface area contributed by atoms with Gasteiger partial charge in [-0.15, -0.1) is 5.10 Å². The zero-order valence-electron chi connectivity index (χ0n) is 5.09. The van der Waals surface area contributed by atoms with Gasteiger partial charge in [0.05, 0.1) is 0 Å². The van der Waals surface area contributed by atoms with Crippen molar-refractivity contribution in [1.29, 1.82) is 0 Å². The summed E-state index contributed by atoms with van der Waals surface area (Å²) in [5.41, 5.74) is 0. The van der Waals surface area contributed by atoms with E-state index < -0.39 is 0 Å². The van der Waals surface area contributed by atoms with E-state index >= 15 is 0 Å². The number of aromatic nitrogens is 3. The van der Waals surface area contributed by atoms with E-state index in [0.29, 0.717) is 0 Å². The van der Waals surface area contributed by atoms with Crippen LogP contribution in [0.2, 0.25) is 0 Å². The second-order valence-corrected chi connectivity index (χ2v) is 2.42. The van der Waals surface area contributed by atoms with Crippen molar-refractivity contribution in [3.05, 3.63) is 17.8 Å². The number of nitrogens with zero attached hydrogens (tertiary/aromatic N) is 2. The lowest BCUT2D eigenvalue weighted by Gasteiger charge is -1.78. The van der Waals surface area contributed by atoms with Gasteiger partial charge in [0.1, 0.15) is 5.82 Å². The highest BCUT2D eigenvalue weighted by atomic mass is 32.2. The van der Waals surface area contributed by atoms with Crippen LogP contribution in [-0.4, -0.2) is 15.2 Å². The zero-order chi connectivity index (χ0) is 6.69. The number of hydrogen-bond donors (Lipinski definition) is 1. The van der Waals surface area contributed by atoms with E-state index in [1.807, 2.05) is 6.92 Å². The average molecular weight is 141 g/mol. The largest absolute Gasteiger partial charge is 0.262 e. The lowest BCUT2D eigenvalue weighted by molar-refractivity contribution is 0.973. The summed E-state index contributed by atoms with van der Waals surface area (Å²) >= 11 is 1.41. The van der Waals surface area contributed by atoms with Crippen LogP contribution in [-0.2, 0) is 0 Å². The van der Waals surface area contributed by atoms with Gasteiger partial charge in [-0.1, -0.05) is 18.3 Å². The van der Waals surface area contributed by atoms with Gasteiger partial charge in [-0.05, 0) is 12.3 Å². The smallest absolute Gasteiger partial charge is 0.212 e. The van der Waals surface area contributed by atoms with E-state index in [-0.39, 0.29) is 0 Å². The van der Waals surface area contributed by atoms with E-state index in [2.05, 4.69) is 21.8 Å². The second-order valence-electron chi connectivity index (χ2n) is 1.49. The van der Waals surface area contributed by atoms with Crippen LogP contribution in [0.1, 0.15) is 5.82 Å². The Hall–Kier alpha value is -0.770. The Balaban J connectivity index is 2.72. The monoisotopic (exact) mass is 141 g/mol. The summed E-state index contributed by atoms with van der Waals surface area (Å²) in [4.78, 5) is 4.03. The summed E-state index contributed by atoms with van der Waals surface area (Å²) in [5.74, 6) is 0.833. The summed E-state index contributed by atoms with van der Waals surface area (Å²) in [5, 5.41) is 9.01. The van der Waals surface area contributed by atoms with Gasteiger partial charge >= 0.3 is 0 Å². The van der Waals surface area contributed by atoms with Crippen molar-refractivity contribution in [1.82, 2.24) is 15.2 Å². The van der Waals surface area contributed by atoms with Gasteiger partial charge in [-0.3, -0.25) is 5.10 Å². The molecule has 48 valence electrons. The standard InChI is InChI=1S/C5H7N3S/c1-3-9-5-6-4(2)7-8-5/h3H,1H2,2H3,(H,6,7,8). The number of thioether (sulfide) groups is 1. The summed E-state index contributed by atoms with van der Waals surface area (Å²) in [7, 11) is 0. The van der Waals surface area contributed by atoms with E-state index in [9.17, 15) is 0 Å². The molecule has 0 amide bonds. The van der Waals surface area contributed by atoms with Crippen LogP contribution in [0.25, 0.3) is 0 Å². The third-order valence-corrected chi connectivity index (χ3v) is 1.33. The highest BCUT2D eigenvalue weighted by Gasteiger charge is 1.94. The number of aryl methyl sites for hydroxylation is 1. The van der Waals surface area contributed by atoms with Crippen LogP contribution < -0.4 is 0 Å². The maximum atomic E-state index is 4.03. The molecule has 0 aliphatic heterocycles. The molecule has 0 saturated carbocycles.